The Balaban J connectivity index is 2.25. The third-order valence-electron chi connectivity index (χ3n) is 5.73. The number of hydrazone groups is 1. The molecular formula is C23H24F2N2O2. The van der Waals surface area contributed by atoms with Crippen molar-refractivity contribution in [3.8, 4) is 0 Å². The van der Waals surface area contributed by atoms with E-state index in [4.69, 9.17) is 0 Å². The maximum Gasteiger partial charge on any atom is 0.240 e. The number of aldehydes is 1. The van der Waals surface area contributed by atoms with E-state index in [1.807, 2.05) is 38.1 Å². The second kappa shape index (κ2) is 8.23. The molecule has 0 aromatic heterocycles. The van der Waals surface area contributed by atoms with E-state index in [-0.39, 0.29) is 30.2 Å². The fourth-order valence-electron chi connectivity index (χ4n) is 4.42. The Morgan fingerprint density at radius 1 is 1.28 bits per heavy atom. The number of carbonyl (C=O) groups excluding carboxylic acids is 2. The van der Waals surface area contributed by atoms with Crippen LogP contribution in [-0.2, 0) is 15.1 Å². The molecule has 0 saturated carbocycles. The molecule has 2 atom stereocenters. The highest BCUT2D eigenvalue weighted by Gasteiger charge is 2.52. The molecule has 1 heterocycles. The van der Waals surface area contributed by atoms with Gasteiger partial charge in [-0.15, -0.1) is 0 Å². The maximum absolute atomic E-state index is 14.5. The molecule has 2 aromatic carbocycles. The Morgan fingerprint density at radius 2 is 2.00 bits per heavy atom. The van der Waals surface area contributed by atoms with Crippen LogP contribution in [0, 0.1) is 24.5 Å². The first-order chi connectivity index (χ1) is 13.8. The predicted octanol–water partition coefficient (Wildman–Crippen LogP) is 4.74. The number of hydrogen-bond donors (Lipinski definition) is 0. The van der Waals surface area contributed by atoms with Crippen LogP contribution in [0.5, 0.6) is 0 Å². The Morgan fingerprint density at radius 3 is 2.62 bits per heavy atom. The van der Waals surface area contributed by atoms with Gasteiger partial charge in [0.15, 0.2) is 0 Å². The van der Waals surface area contributed by atoms with Crippen molar-refractivity contribution >= 4 is 17.9 Å². The molecule has 29 heavy (non-hydrogen) atoms. The fraction of sp³-hybridized carbons (Fsp3) is 0.348. The highest BCUT2D eigenvalue weighted by molar-refractivity contribution is 6.04. The molecule has 0 bridgehead atoms. The minimum absolute atomic E-state index is 0.0349. The van der Waals surface area contributed by atoms with E-state index < -0.39 is 17.2 Å². The average molecular weight is 398 g/mol. The van der Waals surface area contributed by atoms with Crippen LogP contribution >= 0.6 is 0 Å². The first-order valence-corrected chi connectivity index (χ1v) is 9.68. The van der Waals surface area contributed by atoms with Crippen LogP contribution in [0.4, 0.5) is 8.78 Å². The summed E-state index contributed by atoms with van der Waals surface area (Å²) in [6.45, 7) is 5.28. The van der Waals surface area contributed by atoms with Crippen molar-refractivity contribution in [2.45, 2.75) is 45.6 Å². The Bertz CT molecular complexity index is 973. The highest BCUT2D eigenvalue weighted by atomic mass is 19.1. The molecule has 1 aliphatic rings. The Kier molecular flexibility index (Phi) is 5.91. The quantitative estimate of drug-likeness (QED) is 0.660. The third-order valence-corrected chi connectivity index (χ3v) is 5.73. The molecule has 0 fully saturated rings. The zero-order valence-electron chi connectivity index (χ0n) is 16.8. The predicted molar refractivity (Wildman–Crippen MR) is 107 cm³/mol. The molecule has 0 radical (unpaired) electrons. The summed E-state index contributed by atoms with van der Waals surface area (Å²) >= 11 is 0. The first kappa shape index (κ1) is 20.8. The van der Waals surface area contributed by atoms with Crippen LogP contribution in [0.15, 0.2) is 47.6 Å². The lowest BCUT2D eigenvalue weighted by Crippen LogP contribution is -2.49. The summed E-state index contributed by atoms with van der Waals surface area (Å²) in [4.78, 5) is 24.1. The van der Waals surface area contributed by atoms with E-state index in [9.17, 15) is 18.4 Å². The van der Waals surface area contributed by atoms with Crippen LogP contribution < -0.4 is 0 Å². The van der Waals surface area contributed by atoms with Crippen LogP contribution in [-0.4, -0.2) is 22.9 Å². The van der Waals surface area contributed by atoms with Crippen LogP contribution in [0.25, 0.3) is 0 Å². The van der Waals surface area contributed by atoms with Gasteiger partial charge in [0, 0.05) is 25.3 Å². The molecule has 4 nitrogen and oxygen atoms in total. The summed E-state index contributed by atoms with van der Waals surface area (Å²) in [6, 6.07) is 10.8. The normalized spacial score (nSPS) is 19.8. The SMILES string of the molecule is CCC(CC=O)C1(c2ccccc2C)CC(c2cc(F)ccc2F)=NN1C(C)=O. The minimum Gasteiger partial charge on any atom is -0.303 e. The van der Waals surface area contributed by atoms with Gasteiger partial charge in [-0.3, -0.25) is 4.79 Å². The maximum atomic E-state index is 14.5. The zero-order valence-corrected chi connectivity index (χ0v) is 16.8. The van der Waals surface area contributed by atoms with Crippen molar-refractivity contribution in [2.24, 2.45) is 11.0 Å². The number of nitrogens with zero attached hydrogens (tertiary/aromatic N) is 2. The van der Waals surface area contributed by atoms with Gasteiger partial charge in [0.2, 0.25) is 5.91 Å². The van der Waals surface area contributed by atoms with Gasteiger partial charge >= 0.3 is 0 Å². The highest BCUT2D eigenvalue weighted by Crippen LogP contribution is 2.48. The fourth-order valence-corrected chi connectivity index (χ4v) is 4.42. The second-order valence-corrected chi connectivity index (χ2v) is 7.43. The smallest absolute Gasteiger partial charge is 0.240 e. The molecule has 6 heteroatoms. The van der Waals surface area contributed by atoms with E-state index in [2.05, 4.69) is 5.10 Å². The number of hydrogen-bond acceptors (Lipinski definition) is 3. The van der Waals surface area contributed by atoms with E-state index in [1.54, 1.807) is 0 Å². The number of carbonyl (C=O) groups is 2. The molecule has 3 rings (SSSR count). The van der Waals surface area contributed by atoms with Crippen molar-refractivity contribution < 1.29 is 18.4 Å². The summed E-state index contributed by atoms with van der Waals surface area (Å²) in [7, 11) is 0. The lowest BCUT2D eigenvalue weighted by Gasteiger charge is -2.43. The molecule has 0 saturated heterocycles. The number of benzene rings is 2. The molecule has 2 aromatic rings. The van der Waals surface area contributed by atoms with Gasteiger partial charge in [0.25, 0.3) is 0 Å². The van der Waals surface area contributed by atoms with Gasteiger partial charge in [-0.05, 0) is 42.2 Å². The lowest BCUT2D eigenvalue weighted by atomic mass is 9.70. The monoisotopic (exact) mass is 398 g/mol. The molecule has 2 unspecified atom stereocenters. The van der Waals surface area contributed by atoms with Crippen LogP contribution in [0.3, 0.4) is 0 Å². The molecule has 0 spiro atoms. The molecule has 0 aliphatic carbocycles. The van der Waals surface area contributed by atoms with Crippen molar-refractivity contribution in [3.63, 3.8) is 0 Å². The minimum atomic E-state index is -0.944. The standard InChI is InChI=1S/C23H24F2N2O2/c1-4-17(11-12-28)23(20-8-6-5-7-15(20)2)14-22(26-27(23)16(3)29)19-13-18(24)9-10-21(19)25/h5-10,12-13,17H,4,11,14H2,1-3H3. The van der Waals surface area contributed by atoms with Gasteiger partial charge in [0.05, 0.1) is 5.71 Å². The third kappa shape index (κ3) is 3.59. The molecule has 1 aliphatic heterocycles. The van der Waals surface area contributed by atoms with E-state index in [0.717, 1.165) is 35.6 Å². The second-order valence-electron chi connectivity index (χ2n) is 7.43. The lowest BCUT2D eigenvalue weighted by molar-refractivity contribution is -0.138. The van der Waals surface area contributed by atoms with Gasteiger partial charge in [-0.2, -0.15) is 5.10 Å². The van der Waals surface area contributed by atoms with Gasteiger partial charge in [-0.25, -0.2) is 13.8 Å². The number of rotatable bonds is 6. The van der Waals surface area contributed by atoms with Crippen LogP contribution in [0.1, 0.15) is 49.8 Å². The van der Waals surface area contributed by atoms with Gasteiger partial charge < -0.3 is 4.79 Å². The Hall–Kier alpha value is -2.89. The largest absolute Gasteiger partial charge is 0.303 e. The average Bonchev–Trinajstić information content (AvgIpc) is 3.09. The summed E-state index contributed by atoms with van der Waals surface area (Å²) in [6.07, 6.45) is 1.88. The molecular weight excluding hydrogens is 374 g/mol. The van der Waals surface area contributed by atoms with Crippen molar-refractivity contribution in [1.29, 1.82) is 0 Å². The molecule has 1 amide bonds. The van der Waals surface area contributed by atoms with E-state index in [1.165, 1.54) is 11.9 Å². The number of halogens is 2. The molecule has 0 N–H and O–H groups in total. The van der Waals surface area contributed by atoms with Crippen molar-refractivity contribution in [1.82, 2.24) is 5.01 Å². The van der Waals surface area contributed by atoms with Crippen molar-refractivity contribution in [3.05, 3.63) is 70.8 Å². The van der Waals surface area contributed by atoms with Gasteiger partial charge in [-0.1, -0.05) is 37.6 Å². The molecule has 152 valence electrons. The van der Waals surface area contributed by atoms with E-state index in [0.29, 0.717) is 12.1 Å². The van der Waals surface area contributed by atoms with Crippen LogP contribution in [0.2, 0.25) is 0 Å². The van der Waals surface area contributed by atoms with Crippen molar-refractivity contribution in [2.75, 3.05) is 0 Å². The topological polar surface area (TPSA) is 49.7 Å². The summed E-state index contributed by atoms with van der Waals surface area (Å²) in [5, 5.41) is 5.83. The first-order valence-electron chi connectivity index (χ1n) is 9.68. The number of amides is 1. The summed E-state index contributed by atoms with van der Waals surface area (Å²) in [5.41, 5.74) is 1.19. The summed E-state index contributed by atoms with van der Waals surface area (Å²) < 4.78 is 28.3. The summed E-state index contributed by atoms with van der Waals surface area (Å²) in [5.74, 6) is -1.73. The zero-order chi connectivity index (χ0) is 21.2. The number of aryl methyl sites for hydroxylation is 1. The van der Waals surface area contributed by atoms with Gasteiger partial charge in [0.1, 0.15) is 23.5 Å². The Labute approximate surface area is 169 Å². The van der Waals surface area contributed by atoms with E-state index >= 15 is 0 Å².